The van der Waals surface area contributed by atoms with Crippen molar-refractivity contribution in [1.29, 1.82) is 0 Å². The van der Waals surface area contributed by atoms with Gasteiger partial charge >= 0.3 is 0 Å². The normalized spacial score (nSPS) is 20.1. The van der Waals surface area contributed by atoms with Gasteiger partial charge in [0.2, 0.25) is 0 Å². The molecule has 118 valence electrons. The highest BCUT2D eigenvalue weighted by Crippen LogP contribution is 2.29. The minimum absolute atomic E-state index is 0.115. The molecular formula is C16H16N4O2S. The average Bonchev–Trinajstić information content (AvgIpc) is 3.08. The van der Waals surface area contributed by atoms with Gasteiger partial charge in [0, 0.05) is 29.5 Å². The third-order valence-electron chi connectivity index (χ3n) is 4.30. The first-order chi connectivity index (χ1) is 11.0. The first-order valence-electron chi connectivity index (χ1n) is 7.49. The van der Waals surface area contributed by atoms with Crippen LogP contribution in [0.2, 0.25) is 0 Å². The van der Waals surface area contributed by atoms with Crippen LogP contribution in [-0.2, 0) is 9.84 Å². The van der Waals surface area contributed by atoms with E-state index in [1.54, 1.807) is 23.3 Å². The molecule has 1 fully saturated rings. The Hall–Kier alpha value is -2.28. The van der Waals surface area contributed by atoms with Crippen molar-refractivity contribution < 1.29 is 8.42 Å². The predicted molar refractivity (Wildman–Crippen MR) is 87.8 cm³/mol. The number of aryl methyl sites for hydroxylation is 1. The van der Waals surface area contributed by atoms with Gasteiger partial charge in [0.15, 0.2) is 15.5 Å². The Bertz CT molecular complexity index is 980. The van der Waals surface area contributed by atoms with Gasteiger partial charge in [0.1, 0.15) is 0 Å². The molecule has 1 saturated heterocycles. The van der Waals surface area contributed by atoms with Crippen LogP contribution < -0.4 is 0 Å². The van der Waals surface area contributed by atoms with Gasteiger partial charge in [-0.25, -0.2) is 18.1 Å². The highest BCUT2D eigenvalue weighted by atomic mass is 32.2. The van der Waals surface area contributed by atoms with Gasteiger partial charge in [-0.05, 0) is 37.1 Å². The van der Waals surface area contributed by atoms with Gasteiger partial charge in [-0.1, -0.05) is 0 Å². The molecular weight excluding hydrogens is 312 g/mol. The summed E-state index contributed by atoms with van der Waals surface area (Å²) in [7, 11) is -2.95. The van der Waals surface area contributed by atoms with E-state index in [0.717, 1.165) is 27.9 Å². The molecule has 0 saturated carbocycles. The van der Waals surface area contributed by atoms with Crippen molar-refractivity contribution in [2.45, 2.75) is 19.4 Å². The van der Waals surface area contributed by atoms with E-state index >= 15 is 0 Å². The third-order valence-corrected chi connectivity index (χ3v) is 6.05. The predicted octanol–water partition coefficient (Wildman–Crippen LogP) is 2.16. The molecule has 4 rings (SSSR count). The summed E-state index contributed by atoms with van der Waals surface area (Å²) < 4.78 is 25.2. The van der Waals surface area contributed by atoms with E-state index in [0.29, 0.717) is 6.42 Å². The second kappa shape index (κ2) is 5.13. The van der Waals surface area contributed by atoms with Gasteiger partial charge in [-0.2, -0.15) is 5.10 Å². The third kappa shape index (κ3) is 2.50. The van der Waals surface area contributed by atoms with Crippen LogP contribution in [0.15, 0.2) is 36.8 Å². The smallest absolute Gasteiger partial charge is 0.158 e. The summed E-state index contributed by atoms with van der Waals surface area (Å²) in [5.74, 6) is 0.379. The number of fused-ring (bicyclic) bond motifs is 1. The van der Waals surface area contributed by atoms with Crippen molar-refractivity contribution >= 4 is 20.9 Å². The van der Waals surface area contributed by atoms with E-state index in [4.69, 9.17) is 0 Å². The molecule has 1 aliphatic rings. The van der Waals surface area contributed by atoms with E-state index < -0.39 is 9.84 Å². The fourth-order valence-electron chi connectivity index (χ4n) is 3.09. The molecule has 4 heterocycles. The highest BCUT2D eigenvalue weighted by molar-refractivity contribution is 7.91. The van der Waals surface area contributed by atoms with Gasteiger partial charge in [-0.15, -0.1) is 0 Å². The lowest BCUT2D eigenvalue weighted by Crippen LogP contribution is -2.13. The van der Waals surface area contributed by atoms with Gasteiger partial charge in [0.25, 0.3) is 0 Å². The summed E-state index contributed by atoms with van der Waals surface area (Å²) in [5.41, 5.74) is 3.67. The summed E-state index contributed by atoms with van der Waals surface area (Å²) in [6.07, 6.45) is 5.91. The maximum Gasteiger partial charge on any atom is 0.158 e. The van der Waals surface area contributed by atoms with Crippen molar-refractivity contribution in [3.8, 4) is 11.1 Å². The Balaban J connectivity index is 1.81. The van der Waals surface area contributed by atoms with Crippen LogP contribution in [0.25, 0.3) is 22.2 Å². The van der Waals surface area contributed by atoms with Crippen LogP contribution in [0.5, 0.6) is 0 Å². The SMILES string of the molecule is Cc1nn(C2CCS(=O)(=O)C2)c2ncc(-c3ccncc3)cc12. The number of sulfone groups is 1. The molecule has 7 heteroatoms. The van der Waals surface area contributed by atoms with E-state index in [1.165, 1.54) is 0 Å². The average molecular weight is 328 g/mol. The number of pyridine rings is 2. The van der Waals surface area contributed by atoms with E-state index in [-0.39, 0.29) is 17.5 Å². The molecule has 0 radical (unpaired) electrons. The minimum atomic E-state index is -2.95. The van der Waals surface area contributed by atoms with Crippen molar-refractivity contribution in [2.24, 2.45) is 0 Å². The zero-order chi connectivity index (χ0) is 16.0. The first-order valence-corrected chi connectivity index (χ1v) is 9.31. The Morgan fingerprint density at radius 2 is 2.00 bits per heavy atom. The molecule has 1 aliphatic heterocycles. The molecule has 3 aromatic heterocycles. The molecule has 0 aromatic carbocycles. The molecule has 23 heavy (non-hydrogen) atoms. The summed E-state index contributed by atoms with van der Waals surface area (Å²) in [4.78, 5) is 8.58. The minimum Gasteiger partial charge on any atom is -0.265 e. The Morgan fingerprint density at radius 1 is 1.22 bits per heavy atom. The van der Waals surface area contributed by atoms with Crippen LogP contribution in [0.4, 0.5) is 0 Å². The molecule has 1 unspecified atom stereocenters. The second-order valence-corrected chi connectivity index (χ2v) is 8.15. The summed E-state index contributed by atoms with van der Waals surface area (Å²) in [5, 5.41) is 5.51. The first kappa shape index (κ1) is 14.3. The lowest BCUT2D eigenvalue weighted by atomic mass is 10.1. The van der Waals surface area contributed by atoms with Crippen LogP contribution in [0, 0.1) is 6.92 Å². The standard InChI is InChI=1S/C16H16N4O2S/c1-11-15-8-13(12-2-5-17-6-3-12)9-18-16(15)20(19-11)14-4-7-23(21,22)10-14/h2-3,5-6,8-9,14H,4,7,10H2,1H3. The van der Waals surface area contributed by atoms with E-state index in [2.05, 4.69) is 21.1 Å². The quantitative estimate of drug-likeness (QED) is 0.720. The fraction of sp³-hybridized carbons (Fsp3) is 0.312. The molecule has 3 aromatic rings. The molecule has 0 amide bonds. The van der Waals surface area contributed by atoms with Crippen molar-refractivity contribution in [2.75, 3.05) is 11.5 Å². The van der Waals surface area contributed by atoms with Crippen LogP contribution in [0.3, 0.4) is 0 Å². The highest BCUT2D eigenvalue weighted by Gasteiger charge is 2.31. The van der Waals surface area contributed by atoms with Gasteiger partial charge in [0.05, 0.1) is 23.2 Å². The van der Waals surface area contributed by atoms with Crippen molar-refractivity contribution in [3.63, 3.8) is 0 Å². The summed E-state index contributed by atoms with van der Waals surface area (Å²) in [6, 6.07) is 5.81. The zero-order valence-electron chi connectivity index (χ0n) is 12.7. The Kier molecular flexibility index (Phi) is 3.19. The number of rotatable bonds is 2. The zero-order valence-corrected chi connectivity index (χ0v) is 13.5. The number of aromatic nitrogens is 4. The summed E-state index contributed by atoms with van der Waals surface area (Å²) in [6.45, 7) is 1.93. The Labute approximate surface area is 134 Å². The fourth-order valence-corrected chi connectivity index (χ4v) is 4.79. The largest absolute Gasteiger partial charge is 0.265 e. The topological polar surface area (TPSA) is 77.7 Å². The van der Waals surface area contributed by atoms with Crippen LogP contribution in [-0.4, -0.2) is 39.7 Å². The van der Waals surface area contributed by atoms with Gasteiger partial charge in [-0.3, -0.25) is 4.98 Å². The number of nitrogens with zero attached hydrogens (tertiary/aromatic N) is 4. The summed E-state index contributed by atoms with van der Waals surface area (Å²) >= 11 is 0. The molecule has 1 atom stereocenters. The Morgan fingerprint density at radius 3 is 2.70 bits per heavy atom. The van der Waals surface area contributed by atoms with E-state index in [9.17, 15) is 8.42 Å². The van der Waals surface area contributed by atoms with Crippen molar-refractivity contribution in [3.05, 3.63) is 42.5 Å². The molecule has 6 nitrogen and oxygen atoms in total. The van der Waals surface area contributed by atoms with Crippen molar-refractivity contribution in [1.82, 2.24) is 19.7 Å². The van der Waals surface area contributed by atoms with E-state index in [1.807, 2.05) is 19.1 Å². The molecule has 0 N–H and O–H groups in total. The maximum absolute atomic E-state index is 11.7. The monoisotopic (exact) mass is 328 g/mol. The number of hydrogen-bond acceptors (Lipinski definition) is 5. The maximum atomic E-state index is 11.7. The molecule has 0 bridgehead atoms. The number of hydrogen-bond donors (Lipinski definition) is 0. The molecule has 0 spiro atoms. The lowest BCUT2D eigenvalue weighted by molar-refractivity contribution is 0.509. The molecule has 0 aliphatic carbocycles. The van der Waals surface area contributed by atoms with Crippen LogP contribution >= 0.6 is 0 Å². The van der Waals surface area contributed by atoms with Crippen LogP contribution in [0.1, 0.15) is 18.2 Å². The van der Waals surface area contributed by atoms with Gasteiger partial charge < -0.3 is 0 Å². The second-order valence-electron chi connectivity index (χ2n) is 5.92. The lowest BCUT2D eigenvalue weighted by Gasteiger charge is -2.09.